The summed E-state index contributed by atoms with van der Waals surface area (Å²) in [6, 6.07) is 13.9. The lowest BCUT2D eigenvalue weighted by Crippen LogP contribution is -2.46. The van der Waals surface area contributed by atoms with Crippen molar-refractivity contribution >= 4 is 33.6 Å². The highest BCUT2D eigenvalue weighted by Gasteiger charge is 2.27. The van der Waals surface area contributed by atoms with Crippen LogP contribution in [0.25, 0.3) is 21.7 Å². The topological polar surface area (TPSA) is 82.6 Å². The molecule has 2 N–H and O–H groups in total. The molecule has 1 amide bonds. The molecule has 6 nitrogen and oxygen atoms in total. The fourth-order valence-corrected chi connectivity index (χ4v) is 3.39. The number of carbonyl (C=O) groups is 2. The van der Waals surface area contributed by atoms with Crippen molar-refractivity contribution in [1.29, 1.82) is 0 Å². The molecule has 128 valence electrons. The van der Waals surface area contributed by atoms with E-state index in [0.29, 0.717) is 25.4 Å². The fourth-order valence-electron chi connectivity index (χ4n) is 3.39. The predicted molar refractivity (Wildman–Crippen MR) is 93.7 cm³/mol. The van der Waals surface area contributed by atoms with Crippen molar-refractivity contribution in [3.8, 4) is 0 Å². The summed E-state index contributed by atoms with van der Waals surface area (Å²) in [5.74, 6) is -1.05. The van der Waals surface area contributed by atoms with Gasteiger partial charge in [-0.2, -0.15) is 0 Å². The van der Waals surface area contributed by atoms with Gasteiger partial charge in [0.1, 0.15) is 5.69 Å². The molecule has 25 heavy (non-hydrogen) atoms. The maximum atomic E-state index is 12.8. The molecule has 2 aromatic carbocycles. The molecule has 1 saturated heterocycles. The van der Waals surface area contributed by atoms with Gasteiger partial charge < -0.3 is 19.7 Å². The van der Waals surface area contributed by atoms with Crippen LogP contribution in [0.3, 0.4) is 0 Å². The zero-order valence-electron chi connectivity index (χ0n) is 13.6. The standard InChI is InChI=1S/C19H18N2O4/c22-18(23)9-13-11-21(7-8-25-13)19(24)17-10-15-14-4-2-1-3-12(14)5-6-16(15)20-17/h1-6,10,13,20H,7-9,11H2,(H,22,23). The number of benzene rings is 2. The molecule has 0 bridgehead atoms. The molecule has 2 heterocycles. The number of carbonyl (C=O) groups excluding carboxylic acids is 1. The number of H-pyrrole nitrogens is 1. The molecule has 1 aromatic heterocycles. The Morgan fingerprint density at radius 3 is 2.88 bits per heavy atom. The van der Waals surface area contributed by atoms with Crippen LogP contribution >= 0.6 is 0 Å². The van der Waals surface area contributed by atoms with Crippen LogP contribution in [-0.4, -0.2) is 52.7 Å². The summed E-state index contributed by atoms with van der Waals surface area (Å²) < 4.78 is 5.44. The number of ether oxygens (including phenoxy) is 1. The van der Waals surface area contributed by atoms with E-state index >= 15 is 0 Å². The molecule has 6 heteroatoms. The lowest BCUT2D eigenvalue weighted by atomic mass is 10.1. The van der Waals surface area contributed by atoms with E-state index in [-0.39, 0.29) is 12.3 Å². The van der Waals surface area contributed by atoms with E-state index in [9.17, 15) is 9.59 Å². The van der Waals surface area contributed by atoms with E-state index < -0.39 is 12.1 Å². The first-order valence-electron chi connectivity index (χ1n) is 8.25. The van der Waals surface area contributed by atoms with E-state index in [1.165, 1.54) is 0 Å². The molecular formula is C19H18N2O4. The number of amides is 1. The van der Waals surface area contributed by atoms with E-state index in [1.54, 1.807) is 4.90 Å². The van der Waals surface area contributed by atoms with Crippen LogP contribution in [0.2, 0.25) is 0 Å². The number of rotatable bonds is 3. The third-order valence-corrected chi connectivity index (χ3v) is 4.59. The molecule has 0 saturated carbocycles. The number of morpholine rings is 1. The maximum Gasteiger partial charge on any atom is 0.306 e. The average molecular weight is 338 g/mol. The first-order chi connectivity index (χ1) is 12.1. The van der Waals surface area contributed by atoms with Crippen LogP contribution in [-0.2, 0) is 9.53 Å². The van der Waals surface area contributed by atoms with E-state index in [1.807, 2.05) is 42.5 Å². The summed E-state index contributed by atoms with van der Waals surface area (Å²) in [5.41, 5.74) is 1.43. The van der Waals surface area contributed by atoms with Crippen molar-refractivity contribution in [2.75, 3.05) is 19.7 Å². The SMILES string of the molecule is O=C(O)CC1CN(C(=O)c2cc3c(ccc4ccccc43)[nH]2)CCO1. The summed E-state index contributed by atoms with van der Waals surface area (Å²) in [6.45, 7) is 1.11. The summed E-state index contributed by atoms with van der Waals surface area (Å²) in [4.78, 5) is 28.5. The van der Waals surface area contributed by atoms with Gasteiger partial charge in [-0.15, -0.1) is 0 Å². The van der Waals surface area contributed by atoms with Crippen LogP contribution in [0.15, 0.2) is 42.5 Å². The minimum absolute atomic E-state index is 0.0961. The van der Waals surface area contributed by atoms with Gasteiger partial charge in [0.2, 0.25) is 0 Å². The van der Waals surface area contributed by atoms with Gasteiger partial charge in [-0.3, -0.25) is 9.59 Å². The largest absolute Gasteiger partial charge is 0.481 e. The summed E-state index contributed by atoms with van der Waals surface area (Å²) >= 11 is 0. The van der Waals surface area contributed by atoms with Crippen LogP contribution in [0.5, 0.6) is 0 Å². The van der Waals surface area contributed by atoms with Crippen molar-refractivity contribution in [2.24, 2.45) is 0 Å². The minimum atomic E-state index is -0.920. The lowest BCUT2D eigenvalue weighted by molar-refractivity contribution is -0.141. The number of carboxylic acid groups (broad SMARTS) is 1. The number of nitrogens with one attached hydrogen (secondary N) is 1. The number of aromatic nitrogens is 1. The zero-order valence-corrected chi connectivity index (χ0v) is 13.6. The van der Waals surface area contributed by atoms with Crippen LogP contribution in [0, 0.1) is 0 Å². The predicted octanol–water partition coefficient (Wildman–Crippen LogP) is 2.64. The molecule has 0 aliphatic carbocycles. The molecule has 4 rings (SSSR count). The van der Waals surface area contributed by atoms with Gasteiger partial charge in [0.25, 0.3) is 5.91 Å². The smallest absolute Gasteiger partial charge is 0.306 e. The quantitative estimate of drug-likeness (QED) is 0.769. The van der Waals surface area contributed by atoms with Gasteiger partial charge in [0.15, 0.2) is 0 Å². The number of aliphatic carboxylic acids is 1. The fraction of sp³-hybridized carbons (Fsp3) is 0.263. The number of hydrogen-bond acceptors (Lipinski definition) is 3. The number of carboxylic acids is 1. The first-order valence-corrected chi connectivity index (χ1v) is 8.25. The van der Waals surface area contributed by atoms with Crippen LogP contribution in [0.4, 0.5) is 0 Å². The second-order valence-electron chi connectivity index (χ2n) is 6.27. The lowest BCUT2D eigenvalue weighted by Gasteiger charge is -2.32. The van der Waals surface area contributed by atoms with Gasteiger partial charge >= 0.3 is 5.97 Å². The van der Waals surface area contributed by atoms with Crippen LogP contribution in [0.1, 0.15) is 16.9 Å². The van der Waals surface area contributed by atoms with Gasteiger partial charge in [-0.1, -0.05) is 30.3 Å². The summed E-state index contributed by atoms with van der Waals surface area (Å²) in [7, 11) is 0. The Kier molecular flexibility index (Phi) is 3.89. The molecule has 1 aliphatic rings. The second-order valence-corrected chi connectivity index (χ2v) is 6.27. The van der Waals surface area contributed by atoms with Gasteiger partial charge in [0, 0.05) is 24.0 Å². The van der Waals surface area contributed by atoms with Crippen molar-refractivity contribution < 1.29 is 19.4 Å². The Balaban J connectivity index is 1.63. The number of hydrogen-bond donors (Lipinski definition) is 2. The first kappa shape index (κ1) is 15.7. The maximum absolute atomic E-state index is 12.8. The number of fused-ring (bicyclic) bond motifs is 3. The van der Waals surface area contributed by atoms with Crippen molar-refractivity contribution in [3.05, 3.63) is 48.2 Å². The Morgan fingerprint density at radius 2 is 2.04 bits per heavy atom. The van der Waals surface area contributed by atoms with Gasteiger partial charge in [-0.05, 0) is 22.9 Å². The van der Waals surface area contributed by atoms with Crippen molar-refractivity contribution in [3.63, 3.8) is 0 Å². The number of aromatic amines is 1. The third kappa shape index (κ3) is 2.96. The van der Waals surface area contributed by atoms with E-state index in [2.05, 4.69) is 4.98 Å². The highest BCUT2D eigenvalue weighted by atomic mass is 16.5. The molecule has 1 unspecified atom stereocenters. The zero-order chi connectivity index (χ0) is 17.4. The van der Waals surface area contributed by atoms with Crippen molar-refractivity contribution in [1.82, 2.24) is 9.88 Å². The third-order valence-electron chi connectivity index (χ3n) is 4.59. The highest BCUT2D eigenvalue weighted by molar-refractivity contribution is 6.09. The Hall–Kier alpha value is -2.86. The molecule has 0 radical (unpaired) electrons. The Bertz CT molecular complexity index is 962. The number of nitrogens with zero attached hydrogens (tertiary/aromatic N) is 1. The molecule has 1 fully saturated rings. The average Bonchev–Trinajstić information content (AvgIpc) is 3.05. The van der Waals surface area contributed by atoms with E-state index in [4.69, 9.17) is 9.84 Å². The van der Waals surface area contributed by atoms with E-state index in [0.717, 1.165) is 21.7 Å². The molecule has 1 atom stereocenters. The molecule has 3 aromatic rings. The Morgan fingerprint density at radius 1 is 1.20 bits per heavy atom. The molecular weight excluding hydrogens is 320 g/mol. The second kappa shape index (κ2) is 6.22. The van der Waals surface area contributed by atoms with Crippen LogP contribution < -0.4 is 0 Å². The summed E-state index contributed by atoms with van der Waals surface area (Å²) in [5, 5.41) is 12.1. The normalized spacial score (nSPS) is 17.9. The molecule has 1 aliphatic heterocycles. The van der Waals surface area contributed by atoms with Crippen molar-refractivity contribution in [2.45, 2.75) is 12.5 Å². The minimum Gasteiger partial charge on any atom is -0.481 e. The monoisotopic (exact) mass is 338 g/mol. The van der Waals surface area contributed by atoms with Gasteiger partial charge in [-0.25, -0.2) is 0 Å². The highest BCUT2D eigenvalue weighted by Crippen LogP contribution is 2.26. The van der Waals surface area contributed by atoms with Gasteiger partial charge in [0.05, 0.1) is 19.1 Å². The molecule has 0 spiro atoms. The summed E-state index contributed by atoms with van der Waals surface area (Å²) in [6.07, 6.45) is -0.554. The Labute approximate surface area is 144 Å².